The van der Waals surface area contributed by atoms with E-state index in [1.165, 1.54) is 17.0 Å². The van der Waals surface area contributed by atoms with Crippen molar-refractivity contribution >= 4 is 11.9 Å². The highest BCUT2D eigenvalue weighted by atomic mass is 19.4. The summed E-state index contributed by atoms with van der Waals surface area (Å²) in [6.45, 7) is 0.809. The number of rotatable bonds is 5. The van der Waals surface area contributed by atoms with Crippen molar-refractivity contribution in [3.63, 3.8) is 0 Å². The van der Waals surface area contributed by atoms with Crippen molar-refractivity contribution in [2.24, 2.45) is 4.99 Å². The number of aliphatic imine (C=N–C) groups is 1. The Morgan fingerprint density at radius 3 is 2.52 bits per heavy atom. The van der Waals surface area contributed by atoms with E-state index in [0.29, 0.717) is 30.1 Å². The van der Waals surface area contributed by atoms with E-state index in [0.717, 1.165) is 17.7 Å². The minimum absolute atomic E-state index is 0.0494. The van der Waals surface area contributed by atoms with Crippen LogP contribution in [0.1, 0.15) is 27.0 Å². The molecule has 8 heteroatoms. The monoisotopic (exact) mass is 430 g/mol. The Morgan fingerprint density at radius 1 is 1.10 bits per heavy atom. The van der Waals surface area contributed by atoms with Gasteiger partial charge in [-0.3, -0.25) is 9.79 Å². The van der Waals surface area contributed by atoms with Crippen molar-refractivity contribution in [3.05, 3.63) is 70.8 Å². The Balaban J connectivity index is 1.84. The number of hydrogen-bond acceptors (Lipinski definition) is 2. The molecular formula is C23H25F3N4O. The molecule has 0 radical (unpaired) electrons. The van der Waals surface area contributed by atoms with E-state index in [1.54, 1.807) is 27.2 Å². The molecule has 0 aromatic heterocycles. The average molecular weight is 430 g/mol. The van der Waals surface area contributed by atoms with Gasteiger partial charge in [-0.15, -0.1) is 0 Å². The van der Waals surface area contributed by atoms with Gasteiger partial charge < -0.3 is 15.5 Å². The molecule has 0 bridgehead atoms. The van der Waals surface area contributed by atoms with E-state index in [2.05, 4.69) is 27.5 Å². The molecule has 0 unspecified atom stereocenters. The average Bonchev–Trinajstić information content (AvgIpc) is 2.74. The number of halogens is 3. The second-order valence-corrected chi connectivity index (χ2v) is 6.88. The minimum Gasteiger partial charge on any atom is -0.356 e. The number of nitrogens with zero attached hydrogens (tertiary/aromatic N) is 2. The van der Waals surface area contributed by atoms with Crippen LogP contribution in [-0.4, -0.2) is 51.0 Å². The van der Waals surface area contributed by atoms with Crippen molar-refractivity contribution < 1.29 is 18.0 Å². The molecule has 0 aliphatic heterocycles. The molecule has 2 aromatic rings. The molecule has 31 heavy (non-hydrogen) atoms. The summed E-state index contributed by atoms with van der Waals surface area (Å²) in [5.41, 5.74) is 1.22. The minimum atomic E-state index is -4.39. The molecule has 2 aromatic carbocycles. The van der Waals surface area contributed by atoms with E-state index in [1.807, 2.05) is 18.2 Å². The fourth-order valence-corrected chi connectivity index (χ4v) is 2.71. The number of benzene rings is 2. The number of alkyl halides is 3. The first kappa shape index (κ1) is 23.8. The Morgan fingerprint density at radius 2 is 1.84 bits per heavy atom. The lowest BCUT2D eigenvalue weighted by Crippen LogP contribution is -2.38. The number of amides is 1. The molecule has 0 atom stereocenters. The second-order valence-electron chi connectivity index (χ2n) is 6.88. The Bertz CT molecular complexity index is 988. The predicted molar refractivity (Wildman–Crippen MR) is 116 cm³/mol. The van der Waals surface area contributed by atoms with Crippen LogP contribution in [0.25, 0.3) is 0 Å². The molecule has 1 amide bonds. The molecular weight excluding hydrogens is 405 g/mol. The van der Waals surface area contributed by atoms with Gasteiger partial charge in [-0.25, -0.2) is 0 Å². The Labute approximate surface area is 180 Å². The van der Waals surface area contributed by atoms with Crippen LogP contribution >= 0.6 is 0 Å². The standard InChI is InChI=1S/C23H25F3N4O/c1-27-22(28-13-6-9-17-8-5-11-20(16-17)23(24,25)26)29-14-12-18-7-4-10-19(15-18)21(31)30(2)3/h4-5,7-8,10-11,15-16H,12-14H2,1-3H3,(H2,27,28,29). The first-order chi connectivity index (χ1) is 14.7. The van der Waals surface area contributed by atoms with Gasteiger partial charge in [-0.05, 0) is 42.3 Å². The summed E-state index contributed by atoms with van der Waals surface area (Å²) in [5, 5.41) is 6.14. The number of nitrogens with one attached hydrogen (secondary N) is 2. The molecule has 2 N–H and O–H groups in total. The quantitative estimate of drug-likeness (QED) is 0.435. The first-order valence-electron chi connectivity index (χ1n) is 9.62. The van der Waals surface area contributed by atoms with Gasteiger partial charge in [-0.2, -0.15) is 13.2 Å². The van der Waals surface area contributed by atoms with E-state index < -0.39 is 11.7 Å². The summed E-state index contributed by atoms with van der Waals surface area (Å²) in [6, 6.07) is 12.3. The van der Waals surface area contributed by atoms with Crippen LogP contribution in [-0.2, 0) is 12.6 Å². The normalized spacial score (nSPS) is 11.4. The summed E-state index contributed by atoms with van der Waals surface area (Å²) in [4.78, 5) is 17.7. The summed E-state index contributed by atoms with van der Waals surface area (Å²) >= 11 is 0. The zero-order chi connectivity index (χ0) is 22.9. The molecule has 2 rings (SSSR count). The van der Waals surface area contributed by atoms with Gasteiger partial charge in [0.25, 0.3) is 5.91 Å². The largest absolute Gasteiger partial charge is 0.416 e. The number of hydrogen-bond donors (Lipinski definition) is 2. The smallest absolute Gasteiger partial charge is 0.356 e. The van der Waals surface area contributed by atoms with Crippen LogP contribution in [0.4, 0.5) is 13.2 Å². The van der Waals surface area contributed by atoms with Crippen molar-refractivity contribution in [3.8, 4) is 11.8 Å². The van der Waals surface area contributed by atoms with Gasteiger partial charge in [0, 0.05) is 38.8 Å². The summed E-state index contributed by atoms with van der Waals surface area (Å²) in [5.74, 6) is 5.98. The fourth-order valence-electron chi connectivity index (χ4n) is 2.71. The lowest BCUT2D eigenvalue weighted by molar-refractivity contribution is -0.137. The highest BCUT2D eigenvalue weighted by molar-refractivity contribution is 5.94. The molecule has 0 saturated heterocycles. The highest BCUT2D eigenvalue weighted by Crippen LogP contribution is 2.29. The third-order valence-electron chi connectivity index (χ3n) is 4.28. The molecule has 0 aliphatic rings. The zero-order valence-corrected chi connectivity index (χ0v) is 17.7. The zero-order valence-electron chi connectivity index (χ0n) is 17.7. The summed E-state index contributed by atoms with van der Waals surface area (Å²) in [7, 11) is 5.04. The van der Waals surface area contributed by atoms with Crippen LogP contribution in [0.15, 0.2) is 53.5 Å². The third kappa shape index (κ3) is 7.70. The van der Waals surface area contributed by atoms with Gasteiger partial charge >= 0.3 is 6.18 Å². The van der Waals surface area contributed by atoms with Crippen LogP contribution in [0.5, 0.6) is 0 Å². The molecule has 0 fully saturated rings. The van der Waals surface area contributed by atoms with Crippen LogP contribution in [0, 0.1) is 11.8 Å². The first-order valence-corrected chi connectivity index (χ1v) is 9.62. The molecule has 0 saturated carbocycles. The van der Waals surface area contributed by atoms with Crippen LogP contribution in [0.3, 0.4) is 0 Å². The maximum Gasteiger partial charge on any atom is 0.416 e. The van der Waals surface area contributed by atoms with Gasteiger partial charge in [0.1, 0.15) is 0 Å². The second kappa shape index (κ2) is 11.1. The SMILES string of the molecule is CN=C(NCC#Cc1cccc(C(F)(F)F)c1)NCCc1cccc(C(=O)N(C)C)c1. The highest BCUT2D eigenvalue weighted by Gasteiger charge is 2.30. The van der Waals surface area contributed by atoms with Crippen LogP contribution < -0.4 is 10.6 Å². The van der Waals surface area contributed by atoms with Gasteiger partial charge in [0.15, 0.2) is 5.96 Å². The maximum atomic E-state index is 12.7. The number of carbonyl (C=O) groups is 1. The van der Waals surface area contributed by atoms with Crippen molar-refractivity contribution in [2.75, 3.05) is 34.2 Å². The van der Waals surface area contributed by atoms with E-state index in [-0.39, 0.29) is 12.5 Å². The number of carbonyl (C=O) groups excluding carboxylic acids is 1. The lowest BCUT2D eigenvalue weighted by atomic mass is 10.1. The molecule has 0 heterocycles. The number of guanidine groups is 1. The van der Waals surface area contributed by atoms with E-state index >= 15 is 0 Å². The molecule has 0 aliphatic carbocycles. The van der Waals surface area contributed by atoms with Gasteiger partial charge in [0.05, 0.1) is 12.1 Å². The third-order valence-corrected chi connectivity index (χ3v) is 4.28. The van der Waals surface area contributed by atoms with Crippen molar-refractivity contribution in [2.45, 2.75) is 12.6 Å². The van der Waals surface area contributed by atoms with Gasteiger partial charge in [0.2, 0.25) is 0 Å². The van der Waals surface area contributed by atoms with Crippen molar-refractivity contribution in [1.29, 1.82) is 0 Å². The van der Waals surface area contributed by atoms with E-state index in [4.69, 9.17) is 0 Å². The van der Waals surface area contributed by atoms with Crippen molar-refractivity contribution in [1.82, 2.24) is 15.5 Å². The topological polar surface area (TPSA) is 56.7 Å². The fraction of sp³-hybridized carbons (Fsp3) is 0.304. The summed E-state index contributed by atoms with van der Waals surface area (Å²) < 4.78 is 38.2. The summed E-state index contributed by atoms with van der Waals surface area (Å²) in [6.07, 6.45) is -3.70. The van der Waals surface area contributed by atoms with Gasteiger partial charge in [-0.1, -0.05) is 30.0 Å². The lowest BCUT2D eigenvalue weighted by Gasteiger charge is -2.12. The van der Waals surface area contributed by atoms with E-state index in [9.17, 15) is 18.0 Å². The van der Waals surface area contributed by atoms with Crippen LogP contribution in [0.2, 0.25) is 0 Å². The maximum absolute atomic E-state index is 12.7. The molecule has 0 spiro atoms. The Hall–Kier alpha value is -3.47. The predicted octanol–water partition coefficient (Wildman–Crippen LogP) is 3.17. The Kier molecular flexibility index (Phi) is 8.50. The molecule has 164 valence electrons. The molecule has 5 nitrogen and oxygen atoms in total.